The highest BCUT2D eigenvalue weighted by Crippen LogP contribution is 2.45. The monoisotopic (exact) mass is 529 g/mol. The van der Waals surface area contributed by atoms with Crippen LogP contribution in [0.15, 0.2) is 60.7 Å². The molecule has 2 aromatic rings. The van der Waals surface area contributed by atoms with Crippen molar-refractivity contribution in [2.24, 2.45) is 0 Å². The summed E-state index contributed by atoms with van der Waals surface area (Å²) < 4.78 is 29.6. The van der Waals surface area contributed by atoms with Gasteiger partial charge in [0.1, 0.15) is 29.5 Å². The molecule has 2 aliphatic rings. The molecule has 3 amide bonds. The SMILES string of the molecule is CC1(C)[C@H](C(=O)O)N2C(=O)[C@@H](NC(=O)[C@H](Cc3ccccc3)NC(=O)OCc3ccccc3)[C@H]2S1(=O)=O. The molecular weight excluding hydrogens is 502 g/mol. The highest BCUT2D eigenvalue weighted by molar-refractivity contribution is 7.94. The molecule has 2 saturated heterocycles. The van der Waals surface area contributed by atoms with E-state index in [0.717, 1.165) is 10.5 Å². The van der Waals surface area contributed by atoms with Crippen LogP contribution in [0.5, 0.6) is 0 Å². The second-order valence-electron chi connectivity index (χ2n) is 9.46. The number of alkyl carbamates (subject to hydrolysis) is 1. The van der Waals surface area contributed by atoms with Crippen LogP contribution >= 0.6 is 0 Å². The number of amides is 3. The third-order valence-electron chi connectivity index (χ3n) is 6.70. The lowest BCUT2D eigenvalue weighted by Crippen LogP contribution is -2.73. The van der Waals surface area contributed by atoms with Crippen LogP contribution in [0.25, 0.3) is 0 Å². The van der Waals surface area contributed by atoms with Crippen molar-refractivity contribution < 1.29 is 37.4 Å². The molecular formula is C25H27N3O8S. The number of aliphatic carboxylic acids is 1. The number of ether oxygens (including phenoxy) is 1. The molecule has 2 heterocycles. The predicted octanol–water partition coefficient (Wildman–Crippen LogP) is 0.837. The average molecular weight is 530 g/mol. The van der Waals surface area contributed by atoms with E-state index in [0.29, 0.717) is 5.56 Å². The minimum atomic E-state index is -4.14. The predicted molar refractivity (Wildman–Crippen MR) is 131 cm³/mol. The van der Waals surface area contributed by atoms with Gasteiger partial charge in [-0.2, -0.15) is 0 Å². The molecule has 0 bridgehead atoms. The molecule has 2 aliphatic heterocycles. The third kappa shape index (κ3) is 4.76. The summed E-state index contributed by atoms with van der Waals surface area (Å²) in [5, 5.41) is 13.0. The van der Waals surface area contributed by atoms with Crippen molar-refractivity contribution in [2.75, 3.05) is 0 Å². The molecule has 3 N–H and O–H groups in total. The number of nitrogens with zero attached hydrogens (tertiary/aromatic N) is 1. The second kappa shape index (κ2) is 9.85. The zero-order valence-corrected chi connectivity index (χ0v) is 21.0. The summed E-state index contributed by atoms with van der Waals surface area (Å²) in [7, 11) is -4.14. The minimum absolute atomic E-state index is 0.0333. The van der Waals surface area contributed by atoms with Crippen molar-refractivity contribution >= 4 is 33.7 Å². The molecule has 0 spiro atoms. The summed E-state index contributed by atoms with van der Waals surface area (Å²) in [5.74, 6) is -3.06. The average Bonchev–Trinajstić information content (AvgIpc) is 3.01. The molecule has 0 aromatic heterocycles. The Kier molecular flexibility index (Phi) is 6.96. The van der Waals surface area contributed by atoms with Crippen LogP contribution in [0.3, 0.4) is 0 Å². The number of fused-ring (bicyclic) bond motifs is 1. The van der Waals surface area contributed by atoms with Crippen LogP contribution < -0.4 is 10.6 Å². The molecule has 2 aromatic carbocycles. The molecule has 196 valence electrons. The summed E-state index contributed by atoms with van der Waals surface area (Å²) in [5.41, 5.74) is 1.44. The van der Waals surface area contributed by atoms with Crippen molar-refractivity contribution in [3.05, 3.63) is 71.8 Å². The van der Waals surface area contributed by atoms with E-state index in [2.05, 4.69) is 10.6 Å². The summed E-state index contributed by atoms with van der Waals surface area (Å²) >= 11 is 0. The van der Waals surface area contributed by atoms with Gasteiger partial charge in [0, 0.05) is 6.42 Å². The maximum Gasteiger partial charge on any atom is 0.408 e. The van der Waals surface area contributed by atoms with E-state index in [1.165, 1.54) is 13.8 Å². The van der Waals surface area contributed by atoms with Crippen molar-refractivity contribution in [1.82, 2.24) is 15.5 Å². The number of carbonyl (C=O) groups excluding carboxylic acids is 3. The summed E-state index contributed by atoms with van der Waals surface area (Å²) in [6.07, 6.45) is -0.833. The fourth-order valence-corrected chi connectivity index (χ4v) is 6.88. The maximum atomic E-state index is 13.2. The van der Waals surface area contributed by atoms with Crippen LogP contribution in [0, 0.1) is 0 Å². The number of hydrogen-bond acceptors (Lipinski definition) is 7. The third-order valence-corrected chi connectivity index (χ3v) is 9.53. The van der Waals surface area contributed by atoms with Crippen molar-refractivity contribution in [3.63, 3.8) is 0 Å². The first-order chi connectivity index (χ1) is 17.4. The smallest absolute Gasteiger partial charge is 0.408 e. The maximum absolute atomic E-state index is 13.2. The number of hydrogen-bond donors (Lipinski definition) is 3. The molecule has 4 rings (SSSR count). The quantitative estimate of drug-likeness (QED) is 0.424. The van der Waals surface area contributed by atoms with Gasteiger partial charge < -0.3 is 25.4 Å². The second-order valence-corrected chi connectivity index (χ2v) is 12.1. The number of rotatable bonds is 8. The van der Waals surface area contributed by atoms with Crippen LogP contribution in [-0.4, -0.2) is 70.5 Å². The molecule has 2 fully saturated rings. The number of carboxylic acid groups (broad SMARTS) is 1. The van der Waals surface area contributed by atoms with E-state index in [9.17, 15) is 32.7 Å². The molecule has 37 heavy (non-hydrogen) atoms. The lowest BCUT2D eigenvalue weighted by Gasteiger charge is -2.43. The first-order valence-corrected chi connectivity index (χ1v) is 13.1. The fraction of sp³-hybridized carbons (Fsp3) is 0.360. The molecule has 0 radical (unpaired) electrons. The fourth-order valence-electron chi connectivity index (χ4n) is 4.66. The van der Waals surface area contributed by atoms with E-state index in [4.69, 9.17) is 4.74 Å². The van der Waals surface area contributed by atoms with Gasteiger partial charge in [0.05, 0.1) is 0 Å². The Balaban J connectivity index is 1.50. The van der Waals surface area contributed by atoms with Gasteiger partial charge >= 0.3 is 12.1 Å². The number of carbonyl (C=O) groups is 4. The zero-order valence-electron chi connectivity index (χ0n) is 20.2. The Bertz CT molecular complexity index is 1310. The highest BCUT2D eigenvalue weighted by Gasteiger charge is 2.72. The Morgan fingerprint density at radius 3 is 2.16 bits per heavy atom. The first-order valence-electron chi connectivity index (χ1n) is 11.5. The van der Waals surface area contributed by atoms with Gasteiger partial charge in [-0.05, 0) is 25.0 Å². The van der Waals surface area contributed by atoms with E-state index in [-0.39, 0.29) is 13.0 Å². The first kappa shape index (κ1) is 26.1. The topological polar surface area (TPSA) is 159 Å². The zero-order chi connectivity index (χ0) is 27.0. The Morgan fingerprint density at radius 2 is 1.59 bits per heavy atom. The van der Waals surface area contributed by atoms with Crippen LogP contribution in [-0.2, 0) is 42.0 Å². The Hall–Kier alpha value is -3.93. The molecule has 12 heteroatoms. The van der Waals surface area contributed by atoms with Gasteiger partial charge in [-0.1, -0.05) is 60.7 Å². The summed E-state index contributed by atoms with van der Waals surface area (Å²) in [4.78, 5) is 51.1. The highest BCUT2D eigenvalue weighted by atomic mass is 32.2. The summed E-state index contributed by atoms with van der Waals surface area (Å²) in [6.45, 7) is 2.45. The van der Waals surface area contributed by atoms with Gasteiger partial charge in [0.15, 0.2) is 15.2 Å². The van der Waals surface area contributed by atoms with E-state index < -0.39 is 62.0 Å². The van der Waals surface area contributed by atoms with Crippen LogP contribution in [0.2, 0.25) is 0 Å². The number of nitrogens with one attached hydrogen (secondary N) is 2. The minimum Gasteiger partial charge on any atom is -0.480 e. The van der Waals surface area contributed by atoms with Crippen molar-refractivity contribution in [1.29, 1.82) is 0 Å². The van der Waals surface area contributed by atoms with E-state index >= 15 is 0 Å². The van der Waals surface area contributed by atoms with Crippen LogP contribution in [0.1, 0.15) is 25.0 Å². The van der Waals surface area contributed by atoms with Crippen molar-refractivity contribution in [3.8, 4) is 0 Å². The number of sulfone groups is 1. The molecule has 0 saturated carbocycles. The van der Waals surface area contributed by atoms with E-state index in [1.807, 2.05) is 6.07 Å². The molecule has 4 atom stereocenters. The van der Waals surface area contributed by atoms with Gasteiger partial charge in [0.25, 0.3) is 0 Å². The largest absolute Gasteiger partial charge is 0.480 e. The summed E-state index contributed by atoms with van der Waals surface area (Å²) in [6, 6.07) is 13.5. The van der Waals surface area contributed by atoms with Gasteiger partial charge in [0.2, 0.25) is 11.8 Å². The number of carboxylic acids is 1. The number of benzene rings is 2. The Morgan fingerprint density at radius 1 is 1.03 bits per heavy atom. The van der Waals surface area contributed by atoms with E-state index in [1.54, 1.807) is 54.6 Å². The van der Waals surface area contributed by atoms with Crippen LogP contribution in [0.4, 0.5) is 4.79 Å². The molecule has 0 unspecified atom stereocenters. The van der Waals surface area contributed by atoms with Crippen molar-refractivity contribution in [2.45, 2.75) is 55.1 Å². The van der Waals surface area contributed by atoms with Gasteiger partial charge in [-0.3, -0.25) is 9.59 Å². The van der Waals surface area contributed by atoms with Gasteiger partial charge in [-0.15, -0.1) is 0 Å². The lowest BCUT2D eigenvalue weighted by atomic mass is 9.95. The standard InChI is InChI=1S/C25H27N3O8S/c1-25(2)19(23(31)32)28-21(30)18(22(28)37(25,34)35)27-20(29)17(13-15-9-5-3-6-10-15)26-24(33)36-14-16-11-7-4-8-12-16/h3-12,17-19,22H,13-14H2,1-2H3,(H,26,33)(H,27,29)(H,31,32)/t17-,18+,19-,22+/m0/s1. The van der Waals surface area contributed by atoms with Gasteiger partial charge in [-0.25, -0.2) is 18.0 Å². The molecule has 0 aliphatic carbocycles. The molecule has 11 nitrogen and oxygen atoms in total. The normalized spacial score (nSPS) is 23.8. The Labute approximate surface area is 213 Å². The lowest BCUT2D eigenvalue weighted by molar-refractivity contribution is -0.161. The number of β-lactam (4-membered cyclic amide) rings is 1.